The van der Waals surface area contributed by atoms with Crippen LogP contribution in [0.1, 0.15) is 16.9 Å². The number of thioether (sulfide) groups is 1. The van der Waals surface area contributed by atoms with Crippen molar-refractivity contribution in [1.82, 2.24) is 9.88 Å². The Morgan fingerprint density at radius 1 is 1.35 bits per heavy atom. The molecule has 2 heterocycles. The summed E-state index contributed by atoms with van der Waals surface area (Å²) in [7, 11) is 0. The lowest BCUT2D eigenvalue weighted by molar-refractivity contribution is -0.384. The van der Waals surface area contributed by atoms with E-state index < -0.39 is 10.9 Å². The molecule has 1 unspecified atom stereocenters. The molecule has 1 aliphatic heterocycles. The van der Waals surface area contributed by atoms with Crippen molar-refractivity contribution in [2.24, 2.45) is 0 Å². The van der Waals surface area contributed by atoms with Gasteiger partial charge >= 0.3 is 5.97 Å². The van der Waals surface area contributed by atoms with E-state index in [1.807, 2.05) is 0 Å². The zero-order valence-corrected chi connectivity index (χ0v) is 15.2. The molecule has 1 fully saturated rings. The number of thiazole rings is 1. The van der Waals surface area contributed by atoms with Gasteiger partial charge in [-0.05, 0) is 12.1 Å². The molecule has 8 nitrogen and oxygen atoms in total. The fraction of sp³-hybridized carbons (Fsp3) is 0.312. The average Bonchev–Trinajstić information content (AvgIpc) is 3.11. The van der Waals surface area contributed by atoms with Gasteiger partial charge in [-0.1, -0.05) is 0 Å². The largest absolute Gasteiger partial charge is 0.481 e. The number of carboxylic acids is 1. The highest BCUT2D eigenvalue weighted by molar-refractivity contribution is 7.99. The van der Waals surface area contributed by atoms with Crippen molar-refractivity contribution in [3.8, 4) is 10.6 Å². The van der Waals surface area contributed by atoms with Crippen LogP contribution in [-0.2, 0) is 4.79 Å². The van der Waals surface area contributed by atoms with E-state index in [1.54, 1.807) is 34.2 Å². The van der Waals surface area contributed by atoms with Crippen molar-refractivity contribution in [2.75, 3.05) is 18.1 Å². The Labute approximate surface area is 157 Å². The molecular formula is C16H15N3O5S2. The Kier molecular flexibility index (Phi) is 5.52. The summed E-state index contributed by atoms with van der Waals surface area (Å²) in [5, 5.41) is 22.0. The van der Waals surface area contributed by atoms with Crippen LogP contribution in [-0.4, -0.2) is 55.9 Å². The van der Waals surface area contributed by atoms with Gasteiger partial charge in [0.15, 0.2) is 0 Å². The van der Waals surface area contributed by atoms with Crippen LogP contribution in [0.3, 0.4) is 0 Å². The number of nitro groups is 1. The lowest BCUT2D eigenvalue weighted by Gasteiger charge is -2.34. The molecule has 26 heavy (non-hydrogen) atoms. The first kappa shape index (κ1) is 18.3. The van der Waals surface area contributed by atoms with Gasteiger partial charge in [0.05, 0.1) is 17.4 Å². The highest BCUT2D eigenvalue weighted by Crippen LogP contribution is 2.27. The topological polar surface area (TPSA) is 114 Å². The predicted octanol–water partition coefficient (Wildman–Crippen LogP) is 2.75. The number of aliphatic carboxylic acids is 1. The number of hydrogen-bond acceptors (Lipinski definition) is 7. The molecule has 1 aliphatic rings. The predicted molar refractivity (Wildman–Crippen MR) is 98.6 cm³/mol. The molecule has 3 rings (SSSR count). The number of rotatable bonds is 5. The van der Waals surface area contributed by atoms with Gasteiger partial charge in [0.25, 0.3) is 11.6 Å². The Hall–Kier alpha value is -2.46. The number of non-ortho nitro benzene ring substituents is 1. The van der Waals surface area contributed by atoms with Crippen LogP contribution < -0.4 is 0 Å². The smallest absolute Gasteiger partial charge is 0.305 e. The molecule has 0 radical (unpaired) electrons. The van der Waals surface area contributed by atoms with Crippen molar-refractivity contribution in [2.45, 2.75) is 12.5 Å². The molecule has 10 heteroatoms. The Morgan fingerprint density at radius 3 is 2.73 bits per heavy atom. The van der Waals surface area contributed by atoms with Crippen molar-refractivity contribution < 1.29 is 19.6 Å². The van der Waals surface area contributed by atoms with E-state index in [0.29, 0.717) is 22.9 Å². The zero-order chi connectivity index (χ0) is 18.7. The number of amides is 1. The molecule has 0 spiro atoms. The second-order valence-electron chi connectivity index (χ2n) is 5.67. The van der Waals surface area contributed by atoms with E-state index in [1.165, 1.54) is 23.5 Å². The molecule has 1 aromatic carbocycles. The summed E-state index contributed by atoms with van der Waals surface area (Å²) in [5.74, 6) is 0.152. The third-order valence-electron chi connectivity index (χ3n) is 3.95. The molecule has 0 aliphatic carbocycles. The maximum absolute atomic E-state index is 12.8. The second-order valence-corrected chi connectivity index (χ2v) is 7.67. The molecule has 136 valence electrons. The van der Waals surface area contributed by atoms with E-state index >= 15 is 0 Å². The lowest BCUT2D eigenvalue weighted by Crippen LogP contribution is -2.47. The summed E-state index contributed by atoms with van der Waals surface area (Å²) in [6, 6.07) is 5.63. The highest BCUT2D eigenvalue weighted by Gasteiger charge is 2.30. The van der Waals surface area contributed by atoms with Crippen LogP contribution in [0.25, 0.3) is 10.6 Å². The Morgan fingerprint density at radius 2 is 2.08 bits per heavy atom. The standard InChI is InChI=1S/C16H15N3O5S2/c20-14(21)7-12-8-25-6-5-18(12)16(22)13-9-26-15(17-13)10-1-3-11(4-2-10)19(23)24/h1-4,9,12H,5-8H2,(H,20,21). The van der Waals surface area contributed by atoms with Crippen LogP contribution in [0.5, 0.6) is 0 Å². The first-order chi connectivity index (χ1) is 12.5. The summed E-state index contributed by atoms with van der Waals surface area (Å²) >= 11 is 2.91. The minimum atomic E-state index is -0.930. The third-order valence-corrected chi connectivity index (χ3v) is 5.93. The molecule has 1 N–H and O–H groups in total. The van der Waals surface area contributed by atoms with Gasteiger partial charge in [0.1, 0.15) is 10.7 Å². The van der Waals surface area contributed by atoms with Crippen LogP contribution in [0.4, 0.5) is 5.69 Å². The number of nitro benzene ring substituents is 1. The molecule has 1 atom stereocenters. The van der Waals surface area contributed by atoms with E-state index in [4.69, 9.17) is 5.11 Å². The minimum absolute atomic E-state index is 0.0102. The maximum atomic E-state index is 12.8. The fourth-order valence-electron chi connectivity index (χ4n) is 2.67. The molecule has 0 bridgehead atoms. The number of carbonyl (C=O) groups is 2. The van der Waals surface area contributed by atoms with Crippen molar-refractivity contribution in [3.05, 3.63) is 45.5 Å². The van der Waals surface area contributed by atoms with Crippen molar-refractivity contribution in [1.29, 1.82) is 0 Å². The summed E-state index contributed by atoms with van der Waals surface area (Å²) in [4.78, 5) is 40.0. The minimum Gasteiger partial charge on any atom is -0.481 e. The first-order valence-electron chi connectivity index (χ1n) is 7.76. The number of hydrogen-bond donors (Lipinski definition) is 1. The zero-order valence-electron chi connectivity index (χ0n) is 13.5. The summed E-state index contributed by atoms with van der Waals surface area (Å²) < 4.78 is 0. The average molecular weight is 393 g/mol. The van der Waals surface area contributed by atoms with Crippen molar-refractivity contribution in [3.63, 3.8) is 0 Å². The number of carbonyl (C=O) groups excluding carboxylic acids is 1. The molecule has 1 saturated heterocycles. The van der Waals surface area contributed by atoms with Gasteiger partial charge in [0.2, 0.25) is 0 Å². The van der Waals surface area contributed by atoms with Gasteiger partial charge in [0, 0.05) is 41.1 Å². The quantitative estimate of drug-likeness (QED) is 0.614. The number of nitrogens with zero attached hydrogens (tertiary/aromatic N) is 3. The summed E-state index contributed by atoms with van der Waals surface area (Å²) in [6.45, 7) is 0.492. The maximum Gasteiger partial charge on any atom is 0.305 e. The van der Waals surface area contributed by atoms with Gasteiger partial charge in [-0.2, -0.15) is 11.8 Å². The summed E-state index contributed by atoms with van der Waals surface area (Å²) in [6.07, 6.45) is -0.0852. The van der Waals surface area contributed by atoms with E-state index in [0.717, 1.165) is 5.75 Å². The van der Waals surface area contributed by atoms with Gasteiger partial charge < -0.3 is 10.0 Å². The highest BCUT2D eigenvalue weighted by atomic mass is 32.2. The lowest BCUT2D eigenvalue weighted by atomic mass is 10.2. The normalized spacial score (nSPS) is 17.1. The van der Waals surface area contributed by atoms with E-state index in [9.17, 15) is 19.7 Å². The SMILES string of the molecule is O=C(O)CC1CSCCN1C(=O)c1csc(-c2ccc([N+](=O)[O-])cc2)n1. The van der Waals surface area contributed by atoms with Crippen LogP contribution in [0.15, 0.2) is 29.6 Å². The number of benzene rings is 1. The molecule has 1 aromatic heterocycles. The second kappa shape index (κ2) is 7.83. The van der Waals surface area contributed by atoms with Gasteiger partial charge in [-0.15, -0.1) is 11.3 Å². The number of carboxylic acid groups (broad SMARTS) is 1. The third kappa shape index (κ3) is 4.02. The molecular weight excluding hydrogens is 378 g/mol. The number of aromatic nitrogens is 1. The first-order valence-corrected chi connectivity index (χ1v) is 9.80. The Bertz CT molecular complexity index is 837. The van der Waals surface area contributed by atoms with E-state index in [2.05, 4.69) is 4.98 Å². The Balaban J connectivity index is 1.78. The monoisotopic (exact) mass is 393 g/mol. The molecule has 2 aromatic rings. The van der Waals surface area contributed by atoms with Crippen molar-refractivity contribution >= 4 is 40.7 Å². The molecule has 0 saturated carbocycles. The summed E-state index contributed by atoms with van der Waals surface area (Å²) in [5.41, 5.74) is 0.950. The van der Waals surface area contributed by atoms with E-state index in [-0.39, 0.29) is 29.8 Å². The van der Waals surface area contributed by atoms with Crippen LogP contribution >= 0.6 is 23.1 Å². The van der Waals surface area contributed by atoms with Gasteiger partial charge in [-0.3, -0.25) is 19.7 Å². The van der Waals surface area contributed by atoms with Crippen LogP contribution in [0, 0.1) is 10.1 Å². The van der Waals surface area contributed by atoms with Gasteiger partial charge in [-0.25, -0.2) is 4.98 Å². The fourth-order valence-corrected chi connectivity index (χ4v) is 4.53. The molecule has 1 amide bonds. The van der Waals surface area contributed by atoms with Crippen LogP contribution in [0.2, 0.25) is 0 Å².